The molecule has 1 aromatic heterocycles. The molecule has 0 atom stereocenters. The molecular formula is C11H10F3N3S. The molecule has 1 N–H and O–H groups in total. The molecule has 0 aliphatic heterocycles. The molecule has 0 aliphatic carbocycles. The maximum Gasteiger partial charge on any atom is 0.416 e. The fourth-order valence-corrected chi connectivity index (χ4v) is 1.94. The Kier molecular flexibility index (Phi) is 3.51. The van der Waals surface area contributed by atoms with Crippen LogP contribution in [-0.4, -0.2) is 10.2 Å². The minimum absolute atomic E-state index is 0.423. The topological polar surface area (TPSA) is 37.8 Å². The standard InChI is InChI=1S/C11H10F3N3S/c1-7-16-17-10(18-7)15-6-8-2-4-9(5-3-8)11(12,13)14/h2-5H,6H2,1H3,(H,15,17). The van der Waals surface area contributed by atoms with Gasteiger partial charge in [0.25, 0.3) is 0 Å². The fourth-order valence-electron chi connectivity index (χ4n) is 1.36. The zero-order valence-corrected chi connectivity index (χ0v) is 10.3. The zero-order valence-electron chi connectivity index (χ0n) is 9.45. The minimum Gasteiger partial charge on any atom is -0.356 e. The minimum atomic E-state index is -4.29. The Hall–Kier alpha value is -1.63. The van der Waals surface area contributed by atoms with Crippen LogP contribution in [0.4, 0.5) is 18.3 Å². The van der Waals surface area contributed by atoms with Crippen molar-refractivity contribution in [1.82, 2.24) is 10.2 Å². The van der Waals surface area contributed by atoms with E-state index in [0.717, 1.165) is 22.7 Å². The summed E-state index contributed by atoms with van der Waals surface area (Å²) in [5.41, 5.74) is 0.119. The number of benzene rings is 1. The smallest absolute Gasteiger partial charge is 0.356 e. The first-order valence-corrected chi connectivity index (χ1v) is 5.97. The molecule has 0 saturated carbocycles. The Morgan fingerprint density at radius 1 is 1.17 bits per heavy atom. The predicted molar refractivity (Wildman–Crippen MR) is 63.4 cm³/mol. The molecule has 2 aromatic rings. The molecule has 3 nitrogen and oxygen atoms in total. The van der Waals surface area contributed by atoms with Gasteiger partial charge in [-0.15, -0.1) is 10.2 Å². The molecule has 0 amide bonds. The first kappa shape index (κ1) is 12.8. The van der Waals surface area contributed by atoms with Crippen molar-refractivity contribution in [3.05, 3.63) is 40.4 Å². The van der Waals surface area contributed by atoms with Gasteiger partial charge in [-0.3, -0.25) is 0 Å². The third-order valence-electron chi connectivity index (χ3n) is 2.25. The number of hydrogen-bond donors (Lipinski definition) is 1. The number of aryl methyl sites for hydroxylation is 1. The van der Waals surface area contributed by atoms with Crippen molar-refractivity contribution in [3.63, 3.8) is 0 Å². The largest absolute Gasteiger partial charge is 0.416 e. The van der Waals surface area contributed by atoms with Gasteiger partial charge in [0.1, 0.15) is 5.01 Å². The highest BCUT2D eigenvalue weighted by atomic mass is 32.1. The van der Waals surface area contributed by atoms with Gasteiger partial charge in [-0.25, -0.2) is 0 Å². The summed E-state index contributed by atoms with van der Waals surface area (Å²) in [5.74, 6) is 0. The molecule has 18 heavy (non-hydrogen) atoms. The zero-order chi connectivity index (χ0) is 13.2. The van der Waals surface area contributed by atoms with Crippen LogP contribution in [0.2, 0.25) is 0 Å². The van der Waals surface area contributed by atoms with E-state index in [1.165, 1.54) is 23.5 Å². The molecule has 7 heteroatoms. The van der Waals surface area contributed by atoms with Gasteiger partial charge in [0.05, 0.1) is 5.56 Å². The Morgan fingerprint density at radius 2 is 1.83 bits per heavy atom. The molecule has 96 valence electrons. The number of halogens is 3. The van der Waals surface area contributed by atoms with E-state index in [0.29, 0.717) is 11.7 Å². The molecule has 0 fully saturated rings. The number of aromatic nitrogens is 2. The Morgan fingerprint density at radius 3 is 2.33 bits per heavy atom. The van der Waals surface area contributed by atoms with E-state index in [2.05, 4.69) is 15.5 Å². The van der Waals surface area contributed by atoms with Gasteiger partial charge in [0.2, 0.25) is 5.13 Å². The summed E-state index contributed by atoms with van der Waals surface area (Å²) >= 11 is 1.40. The van der Waals surface area contributed by atoms with Crippen LogP contribution < -0.4 is 5.32 Å². The molecule has 0 bridgehead atoms. The Bertz CT molecular complexity index is 519. The molecule has 2 rings (SSSR count). The summed E-state index contributed by atoms with van der Waals surface area (Å²) in [5, 5.41) is 12.2. The summed E-state index contributed by atoms with van der Waals surface area (Å²) in [6.45, 7) is 2.26. The lowest BCUT2D eigenvalue weighted by atomic mass is 10.1. The van der Waals surface area contributed by atoms with E-state index in [-0.39, 0.29) is 0 Å². The quantitative estimate of drug-likeness (QED) is 0.930. The highest BCUT2D eigenvalue weighted by Crippen LogP contribution is 2.29. The van der Waals surface area contributed by atoms with Crippen molar-refractivity contribution in [1.29, 1.82) is 0 Å². The van der Waals surface area contributed by atoms with Gasteiger partial charge in [0.15, 0.2) is 0 Å². The lowest BCUT2D eigenvalue weighted by molar-refractivity contribution is -0.137. The van der Waals surface area contributed by atoms with E-state index >= 15 is 0 Å². The van der Waals surface area contributed by atoms with E-state index in [1.807, 2.05) is 6.92 Å². The number of alkyl halides is 3. The van der Waals surface area contributed by atoms with Crippen LogP contribution in [0, 0.1) is 6.92 Å². The first-order valence-electron chi connectivity index (χ1n) is 5.15. The second kappa shape index (κ2) is 4.93. The number of nitrogens with zero attached hydrogens (tertiary/aromatic N) is 2. The van der Waals surface area contributed by atoms with Crippen molar-refractivity contribution in [2.24, 2.45) is 0 Å². The maximum atomic E-state index is 12.3. The third kappa shape index (κ3) is 3.19. The predicted octanol–water partition coefficient (Wildman–Crippen LogP) is 3.48. The molecule has 1 aromatic carbocycles. The molecule has 0 saturated heterocycles. The fraction of sp³-hybridized carbons (Fsp3) is 0.273. The third-order valence-corrected chi connectivity index (χ3v) is 3.05. The molecule has 0 unspecified atom stereocenters. The van der Waals surface area contributed by atoms with Crippen LogP contribution in [0.1, 0.15) is 16.1 Å². The van der Waals surface area contributed by atoms with Crippen molar-refractivity contribution >= 4 is 16.5 Å². The molecular weight excluding hydrogens is 263 g/mol. The highest BCUT2D eigenvalue weighted by molar-refractivity contribution is 7.15. The average Bonchev–Trinajstić information content (AvgIpc) is 2.72. The summed E-state index contributed by atoms with van der Waals surface area (Å²) in [4.78, 5) is 0. The van der Waals surface area contributed by atoms with Crippen molar-refractivity contribution in [2.75, 3.05) is 5.32 Å². The lowest BCUT2D eigenvalue weighted by Crippen LogP contribution is -2.05. The van der Waals surface area contributed by atoms with Gasteiger partial charge in [0, 0.05) is 6.54 Å². The molecule has 0 radical (unpaired) electrons. The second-order valence-electron chi connectivity index (χ2n) is 3.67. The second-order valence-corrected chi connectivity index (χ2v) is 4.86. The summed E-state index contributed by atoms with van der Waals surface area (Å²) in [7, 11) is 0. The molecule has 0 aliphatic rings. The number of hydrogen-bond acceptors (Lipinski definition) is 4. The Labute approximate surface area is 106 Å². The summed E-state index contributed by atoms with van der Waals surface area (Å²) in [6, 6.07) is 5.04. The number of anilines is 1. The van der Waals surface area contributed by atoms with Gasteiger partial charge >= 0.3 is 6.18 Å². The normalized spacial score (nSPS) is 11.6. The van der Waals surface area contributed by atoms with E-state index in [1.54, 1.807) is 0 Å². The van der Waals surface area contributed by atoms with Crippen molar-refractivity contribution in [2.45, 2.75) is 19.6 Å². The van der Waals surface area contributed by atoms with Gasteiger partial charge in [-0.05, 0) is 24.6 Å². The van der Waals surface area contributed by atoms with Crippen LogP contribution in [0.25, 0.3) is 0 Å². The van der Waals surface area contributed by atoms with E-state index in [9.17, 15) is 13.2 Å². The first-order chi connectivity index (χ1) is 8.45. The van der Waals surface area contributed by atoms with Crippen LogP contribution in [0.5, 0.6) is 0 Å². The van der Waals surface area contributed by atoms with Crippen LogP contribution >= 0.6 is 11.3 Å². The highest BCUT2D eigenvalue weighted by Gasteiger charge is 2.29. The van der Waals surface area contributed by atoms with Gasteiger partial charge in [-0.2, -0.15) is 13.2 Å². The van der Waals surface area contributed by atoms with Crippen LogP contribution in [0.3, 0.4) is 0 Å². The van der Waals surface area contributed by atoms with Gasteiger partial charge in [-0.1, -0.05) is 23.5 Å². The van der Waals surface area contributed by atoms with Crippen LogP contribution in [0.15, 0.2) is 24.3 Å². The van der Waals surface area contributed by atoms with E-state index < -0.39 is 11.7 Å². The Balaban J connectivity index is 1.98. The monoisotopic (exact) mass is 273 g/mol. The van der Waals surface area contributed by atoms with Crippen molar-refractivity contribution in [3.8, 4) is 0 Å². The summed E-state index contributed by atoms with van der Waals surface area (Å²) in [6.07, 6.45) is -4.29. The average molecular weight is 273 g/mol. The number of rotatable bonds is 3. The SMILES string of the molecule is Cc1nnc(NCc2ccc(C(F)(F)F)cc2)s1. The van der Waals surface area contributed by atoms with Crippen LogP contribution in [-0.2, 0) is 12.7 Å². The van der Waals surface area contributed by atoms with Gasteiger partial charge < -0.3 is 5.32 Å². The maximum absolute atomic E-state index is 12.3. The summed E-state index contributed by atoms with van der Waals surface area (Å²) < 4.78 is 37.0. The molecule has 0 spiro atoms. The van der Waals surface area contributed by atoms with Crippen molar-refractivity contribution < 1.29 is 13.2 Å². The molecule has 1 heterocycles. The lowest BCUT2D eigenvalue weighted by Gasteiger charge is -2.07. The van der Waals surface area contributed by atoms with E-state index in [4.69, 9.17) is 0 Å². The number of nitrogens with one attached hydrogen (secondary N) is 1.